The summed E-state index contributed by atoms with van der Waals surface area (Å²) in [5.41, 5.74) is 1.04. The fourth-order valence-corrected chi connectivity index (χ4v) is 1.90. The number of hydrogen-bond acceptors (Lipinski definition) is 4. The Morgan fingerprint density at radius 3 is 2.40 bits per heavy atom. The van der Waals surface area contributed by atoms with Crippen LogP contribution in [0, 0.1) is 0 Å². The molecule has 2 N–H and O–H groups in total. The third kappa shape index (κ3) is 3.29. The van der Waals surface area contributed by atoms with Gasteiger partial charge < -0.3 is 14.9 Å². The summed E-state index contributed by atoms with van der Waals surface area (Å²) in [7, 11) is 0. The molecule has 104 valence electrons. The van der Waals surface area contributed by atoms with Crippen LogP contribution in [0.25, 0.3) is 0 Å². The van der Waals surface area contributed by atoms with Crippen molar-refractivity contribution in [1.82, 2.24) is 0 Å². The highest BCUT2D eigenvalue weighted by molar-refractivity contribution is 6.00. The summed E-state index contributed by atoms with van der Waals surface area (Å²) in [6.45, 7) is 2.35. The molecule has 0 heterocycles. The molecular weight excluding hydrogens is 256 g/mol. The maximum atomic E-state index is 12.1. The monoisotopic (exact) mass is 272 g/mol. The van der Waals surface area contributed by atoms with Crippen molar-refractivity contribution in [1.29, 1.82) is 0 Å². The maximum Gasteiger partial charge on any atom is 0.170 e. The van der Waals surface area contributed by atoms with Crippen molar-refractivity contribution in [2.24, 2.45) is 0 Å². The second-order valence-electron chi connectivity index (χ2n) is 4.38. The van der Waals surface area contributed by atoms with Gasteiger partial charge in [-0.25, -0.2) is 0 Å². The van der Waals surface area contributed by atoms with Crippen LogP contribution in [-0.4, -0.2) is 22.6 Å². The summed E-state index contributed by atoms with van der Waals surface area (Å²) >= 11 is 0. The van der Waals surface area contributed by atoms with Gasteiger partial charge in [-0.15, -0.1) is 0 Å². The van der Waals surface area contributed by atoms with Crippen LogP contribution in [0.4, 0.5) is 0 Å². The summed E-state index contributed by atoms with van der Waals surface area (Å²) in [4.78, 5) is 12.1. The molecule has 0 fully saturated rings. The van der Waals surface area contributed by atoms with Crippen LogP contribution in [0.2, 0.25) is 0 Å². The molecule has 4 heteroatoms. The number of benzene rings is 2. The fraction of sp³-hybridized carbons (Fsp3) is 0.188. The van der Waals surface area contributed by atoms with E-state index in [0.29, 0.717) is 12.4 Å². The lowest BCUT2D eigenvalue weighted by Crippen LogP contribution is -2.04. The van der Waals surface area contributed by atoms with Crippen LogP contribution in [-0.2, 0) is 6.42 Å². The molecule has 0 bridgehead atoms. The van der Waals surface area contributed by atoms with E-state index >= 15 is 0 Å². The van der Waals surface area contributed by atoms with Gasteiger partial charge in [0.2, 0.25) is 0 Å². The fourth-order valence-electron chi connectivity index (χ4n) is 1.90. The molecule has 0 atom stereocenters. The third-order valence-corrected chi connectivity index (χ3v) is 2.88. The number of aromatic hydroxyl groups is 2. The Labute approximate surface area is 117 Å². The second kappa shape index (κ2) is 6.10. The topological polar surface area (TPSA) is 66.8 Å². The largest absolute Gasteiger partial charge is 0.508 e. The lowest BCUT2D eigenvalue weighted by molar-refractivity contribution is 0.0990. The van der Waals surface area contributed by atoms with E-state index in [4.69, 9.17) is 4.74 Å². The molecular formula is C16H16O4. The number of ether oxygens (including phenoxy) is 1. The second-order valence-corrected chi connectivity index (χ2v) is 4.38. The quantitative estimate of drug-likeness (QED) is 0.821. The zero-order valence-corrected chi connectivity index (χ0v) is 11.2. The summed E-state index contributed by atoms with van der Waals surface area (Å²) in [6.07, 6.45) is 0.168. The first-order chi connectivity index (χ1) is 9.60. The minimum absolute atomic E-state index is 0.0836. The normalized spacial score (nSPS) is 10.2. The molecule has 0 aliphatic heterocycles. The number of ketones is 1. The molecule has 0 amide bonds. The Kier molecular flexibility index (Phi) is 4.25. The zero-order valence-electron chi connectivity index (χ0n) is 11.2. The molecule has 0 saturated carbocycles. The van der Waals surface area contributed by atoms with Crippen molar-refractivity contribution in [2.75, 3.05) is 6.61 Å². The Morgan fingerprint density at radius 1 is 1.10 bits per heavy atom. The van der Waals surface area contributed by atoms with Gasteiger partial charge in [-0.2, -0.15) is 0 Å². The van der Waals surface area contributed by atoms with Crippen molar-refractivity contribution >= 4 is 5.78 Å². The van der Waals surface area contributed by atoms with Crippen LogP contribution >= 0.6 is 0 Å². The lowest BCUT2D eigenvalue weighted by atomic mass is 10.0. The molecule has 0 saturated heterocycles. The molecule has 4 nitrogen and oxygen atoms in total. The van der Waals surface area contributed by atoms with Crippen molar-refractivity contribution in [3.8, 4) is 17.2 Å². The SMILES string of the molecule is CCOc1ccc(C(=O)Cc2ccc(O)cc2)c(O)c1. The minimum Gasteiger partial charge on any atom is -0.508 e. The summed E-state index contributed by atoms with van der Waals surface area (Å²) in [6, 6.07) is 11.1. The lowest BCUT2D eigenvalue weighted by Gasteiger charge is -2.07. The van der Waals surface area contributed by atoms with Crippen molar-refractivity contribution in [3.63, 3.8) is 0 Å². The third-order valence-electron chi connectivity index (χ3n) is 2.88. The Bertz CT molecular complexity index is 602. The van der Waals surface area contributed by atoms with Gasteiger partial charge >= 0.3 is 0 Å². The van der Waals surface area contributed by atoms with Crippen molar-refractivity contribution in [2.45, 2.75) is 13.3 Å². The van der Waals surface area contributed by atoms with E-state index in [1.54, 1.807) is 24.3 Å². The number of phenolic OH excluding ortho intramolecular Hbond substituents is 2. The number of rotatable bonds is 5. The predicted molar refractivity (Wildman–Crippen MR) is 75.4 cm³/mol. The van der Waals surface area contributed by atoms with Crippen LogP contribution < -0.4 is 4.74 Å². The first-order valence-electron chi connectivity index (χ1n) is 6.37. The molecule has 2 aromatic carbocycles. The summed E-state index contributed by atoms with van der Waals surface area (Å²) < 4.78 is 5.25. The maximum absolute atomic E-state index is 12.1. The van der Waals surface area contributed by atoms with E-state index in [0.717, 1.165) is 5.56 Å². The van der Waals surface area contributed by atoms with Crippen LogP contribution in [0.1, 0.15) is 22.8 Å². The highest BCUT2D eigenvalue weighted by atomic mass is 16.5. The minimum atomic E-state index is -0.184. The van der Waals surface area contributed by atoms with Crippen molar-refractivity contribution in [3.05, 3.63) is 53.6 Å². The zero-order chi connectivity index (χ0) is 14.5. The molecule has 20 heavy (non-hydrogen) atoms. The average Bonchev–Trinajstić information content (AvgIpc) is 2.42. The predicted octanol–water partition coefficient (Wildman–Crippen LogP) is 2.92. The standard InChI is InChI=1S/C16H16O4/c1-2-20-13-7-8-14(16(19)10-13)15(18)9-11-3-5-12(17)6-4-11/h3-8,10,17,19H,2,9H2,1H3. The van der Waals surface area contributed by atoms with Gasteiger partial charge in [0.1, 0.15) is 17.2 Å². The molecule has 0 aliphatic carbocycles. The van der Waals surface area contributed by atoms with E-state index in [1.165, 1.54) is 18.2 Å². The van der Waals surface area contributed by atoms with E-state index < -0.39 is 0 Å². The van der Waals surface area contributed by atoms with E-state index in [2.05, 4.69) is 0 Å². The first kappa shape index (κ1) is 13.9. The van der Waals surface area contributed by atoms with Gasteiger partial charge in [-0.05, 0) is 36.8 Å². The van der Waals surface area contributed by atoms with Gasteiger partial charge in [0.25, 0.3) is 0 Å². The molecule has 0 spiro atoms. The Morgan fingerprint density at radius 2 is 1.80 bits per heavy atom. The van der Waals surface area contributed by atoms with Gasteiger partial charge in [-0.3, -0.25) is 4.79 Å². The van der Waals surface area contributed by atoms with Crippen LogP contribution in [0.5, 0.6) is 17.2 Å². The number of phenols is 2. The number of carbonyl (C=O) groups is 1. The highest BCUT2D eigenvalue weighted by Gasteiger charge is 2.12. The molecule has 0 unspecified atom stereocenters. The van der Waals surface area contributed by atoms with Gasteiger partial charge in [-0.1, -0.05) is 12.1 Å². The van der Waals surface area contributed by atoms with E-state index in [1.807, 2.05) is 6.92 Å². The van der Waals surface area contributed by atoms with E-state index in [-0.39, 0.29) is 29.3 Å². The first-order valence-corrected chi connectivity index (χ1v) is 6.37. The smallest absolute Gasteiger partial charge is 0.170 e. The molecule has 2 rings (SSSR count). The molecule has 2 aromatic rings. The summed E-state index contributed by atoms with van der Waals surface area (Å²) in [5.74, 6) is 0.423. The number of hydrogen-bond donors (Lipinski definition) is 2. The average molecular weight is 272 g/mol. The molecule has 0 aliphatic rings. The van der Waals surface area contributed by atoms with E-state index in [9.17, 15) is 15.0 Å². The van der Waals surface area contributed by atoms with Gasteiger partial charge in [0.05, 0.1) is 12.2 Å². The Balaban J connectivity index is 2.14. The Hall–Kier alpha value is -2.49. The van der Waals surface area contributed by atoms with Crippen LogP contribution in [0.3, 0.4) is 0 Å². The van der Waals surface area contributed by atoms with Crippen LogP contribution in [0.15, 0.2) is 42.5 Å². The summed E-state index contributed by atoms with van der Waals surface area (Å²) in [5, 5.41) is 19.1. The number of Topliss-reactive ketones (excluding diaryl/α,β-unsaturated/α-hetero) is 1. The highest BCUT2D eigenvalue weighted by Crippen LogP contribution is 2.25. The van der Waals surface area contributed by atoms with Gasteiger partial charge in [0.15, 0.2) is 5.78 Å². The van der Waals surface area contributed by atoms with Crippen molar-refractivity contribution < 1.29 is 19.7 Å². The molecule has 0 radical (unpaired) electrons. The van der Waals surface area contributed by atoms with Gasteiger partial charge in [0, 0.05) is 12.5 Å². The number of carbonyl (C=O) groups excluding carboxylic acids is 1. The molecule has 0 aromatic heterocycles.